The molecule has 136 valence electrons. The van der Waals surface area contributed by atoms with Crippen LogP contribution in [0.1, 0.15) is 57.3 Å². The van der Waals surface area contributed by atoms with E-state index in [9.17, 15) is 9.59 Å². The van der Waals surface area contributed by atoms with Crippen molar-refractivity contribution >= 4 is 11.9 Å². The van der Waals surface area contributed by atoms with E-state index in [-0.39, 0.29) is 22.9 Å². The number of hydrogen-bond acceptors (Lipinski definition) is 5. The van der Waals surface area contributed by atoms with Gasteiger partial charge >= 0.3 is 11.9 Å². The maximum atomic E-state index is 12.6. The number of ether oxygens (including phenoxy) is 3. The van der Waals surface area contributed by atoms with Crippen LogP contribution in [0.3, 0.4) is 0 Å². The zero-order chi connectivity index (χ0) is 18.4. The standard InChI is InChI=1S/C20H26O5/c1-12(21)24-15-7-6-13(10-16(15)23-5)18(22)25-17-11-14-8-9-20(17,4)19(14,2)3/h6-7,10,14,17H,8-9,11H2,1-5H3/t14-,17+,20+/m0/s1. The summed E-state index contributed by atoms with van der Waals surface area (Å²) in [4.78, 5) is 23.8. The van der Waals surface area contributed by atoms with Crippen LogP contribution in [0.2, 0.25) is 0 Å². The van der Waals surface area contributed by atoms with Gasteiger partial charge in [0.2, 0.25) is 0 Å². The van der Waals surface area contributed by atoms with Gasteiger partial charge < -0.3 is 14.2 Å². The smallest absolute Gasteiger partial charge is 0.338 e. The van der Waals surface area contributed by atoms with Crippen LogP contribution >= 0.6 is 0 Å². The van der Waals surface area contributed by atoms with Crippen LogP contribution in [0.5, 0.6) is 11.5 Å². The molecule has 0 radical (unpaired) electrons. The molecule has 25 heavy (non-hydrogen) atoms. The Morgan fingerprint density at radius 3 is 2.40 bits per heavy atom. The average molecular weight is 346 g/mol. The van der Waals surface area contributed by atoms with E-state index in [2.05, 4.69) is 20.8 Å². The third kappa shape index (κ3) is 2.79. The average Bonchev–Trinajstić information content (AvgIpc) is 2.88. The molecule has 0 aromatic heterocycles. The maximum Gasteiger partial charge on any atom is 0.338 e. The monoisotopic (exact) mass is 346 g/mol. The first kappa shape index (κ1) is 17.8. The highest BCUT2D eigenvalue weighted by atomic mass is 16.6. The molecule has 3 atom stereocenters. The highest BCUT2D eigenvalue weighted by Gasteiger charge is 2.62. The normalized spacial score (nSPS) is 29.3. The number of hydrogen-bond donors (Lipinski definition) is 0. The minimum absolute atomic E-state index is 0.0229. The van der Waals surface area contributed by atoms with Crippen molar-refractivity contribution < 1.29 is 23.8 Å². The first-order chi connectivity index (χ1) is 11.7. The topological polar surface area (TPSA) is 61.8 Å². The zero-order valence-electron chi connectivity index (χ0n) is 15.5. The summed E-state index contributed by atoms with van der Waals surface area (Å²) in [6.07, 6.45) is 3.17. The van der Waals surface area contributed by atoms with E-state index >= 15 is 0 Å². The lowest BCUT2D eigenvalue weighted by molar-refractivity contribution is -0.132. The Labute approximate surface area is 148 Å². The van der Waals surface area contributed by atoms with E-state index in [1.807, 2.05) is 0 Å². The van der Waals surface area contributed by atoms with Gasteiger partial charge in [0, 0.05) is 12.3 Å². The van der Waals surface area contributed by atoms with Gasteiger partial charge in [-0.25, -0.2) is 4.79 Å². The maximum absolute atomic E-state index is 12.6. The molecular weight excluding hydrogens is 320 g/mol. The summed E-state index contributed by atoms with van der Waals surface area (Å²) in [5, 5.41) is 0. The van der Waals surface area contributed by atoms with E-state index in [0.29, 0.717) is 23.0 Å². The molecule has 0 spiro atoms. The van der Waals surface area contributed by atoms with Gasteiger partial charge in [-0.2, -0.15) is 0 Å². The predicted molar refractivity (Wildman–Crippen MR) is 92.7 cm³/mol. The molecule has 3 rings (SSSR count). The van der Waals surface area contributed by atoms with E-state index in [4.69, 9.17) is 14.2 Å². The molecule has 2 saturated carbocycles. The van der Waals surface area contributed by atoms with Crippen molar-refractivity contribution in [3.05, 3.63) is 23.8 Å². The molecule has 2 fully saturated rings. The van der Waals surface area contributed by atoms with Gasteiger partial charge in [0.1, 0.15) is 6.10 Å². The minimum atomic E-state index is -0.439. The summed E-state index contributed by atoms with van der Waals surface area (Å²) in [7, 11) is 1.47. The lowest BCUT2D eigenvalue weighted by Gasteiger charge is -2.38. The van der Waals surface area contributed by atoms with Crippen molar-refractivity contribution in [1.29, 1.82) is 0 Å². The highest BCUT2D eigenvalue weighted by molar-refractivity contribution is 5.90. The molecule has 5 nitrogen and oxygen atoms in total. The summed E-state index contributed by atoms with van der Waals surface area (Å²) in [6.45, 7) is 8.13. The SMILES string of the molecule is COc1cc(C(=O)O[C@@H]2C[C@@H]3CC[C@@]2(C)C3(C)C)ccc1OC(C)=O. The second-order valence-electron chi connectivity index (χ2n) is 7.96. The fourth-order valence-corrected chi connectivity index (χ4v) is 4.54. The summed E-state index contributed by atoms with van der Waals surface area (Å²) in [5.41, 5.74) is 0.612. The van der Waals surface area contributed by atoms with Crippen LogP contribution in [0.4, 0.5) is 0 Å². The Bertz CT molecular complexity index is 708. The first-order valence-corrected chi connectivity index (χ1v) is 8.76. The molecule has 1 aromatic rings. The molecule has 0 saturated heterocycles. The van der Waals surface area contributed by atoms with Gasteiger partial charge in [-0.05, 0) is 48.8 Å². The second-order valence-corrected chi connectivity index (χ2v) is 7.96. The Balaban J connectivity index is 1.77. The van der Waals surface area contributed by atoms with E-state index in [1.54, 1.807) is 18.2 Å². The van der Waals surface area contributed by atoms with Crippen LogP contribution in [0.25, 0.3) is 0 Å². The lowest BCUT2D eigenvalue weighted by Crippen LogP contribution is -2.38. The Morgan fingerprint density at radius 2 is 1.88 bits per heavy atom. The quantitative estimate of drug-likeness (QED) is 0.609. The molecule has 0 N–H and O–H groups in total. The third-order valence-electron chi connectivity index (χ3n) is 6.62. The van der Waals surface area contributed by atoms with Crippen LogP contribution in [-0.2, 0) is 9.53 Å². The number of rotatable bonds is 4. The molecule has 1 aromatic carbocycles. The zero-order valence-corrected chi connectivity index (χ0v) is 15.5. The van der Waals surface area contributed by atoms with Gasteiger partial charge in [0.25, 0.3) is 0 Å². The lowest BCUT2D eigenvalue weighted by atomic mass is 9.70. The van der Waals surface area contributed by atoms with Crippen molar-refractivity contribution in [1.82, 2.24) is 0 Å². The van der Waals surface area contributed by atoms with E-state index in [0.717, 1.165) is 12.8 Å². The van der Waals surface area contributed by atoms with Crippen molar-refractivity contribution in [3.63, 3.8) is 0 Å². The molecular formula is C20H26O5. The van der Waals surface area contributed by atoms with Crippen molar-refractivity contribution in [2.45, 2.75) is 53.1 Å². The Kier molecular flexibility index (Phi) is 4.30. The Hall–Kier alpha value is -2.04. The van der Waals surface area contributed by atoms with Crippen LogP contribution in [0.15, 0.2) is 18.2 Å². The first-order valence-electron chi connectivity index (χ1n) is 8.76. The van der Waals surface area contributed by atoms with Crippen molar-refractivity contribution in [3.8, 4) is 11.5 Å². The summed E-state index contributed by atoms with van der Waals surface area (Å²) >= 11 is 0. The van der Waals surface area contributed by atoms with Gasteiger partial charge in [-0.15, -0.1) is 0 Å². The number of carbonyl (C=O) groups excluding carboxylic acids is 2. The molecule has 0 amide bonds. The molecule has 5 heteroatoms. The van der Waals surface area contributed by atoms with Crippen molar-refractivity contribution in [2.75, 3.05) is 7.11 Å². The van der Waals surface area contributed by atoms with Crippen molar-refractivity contribution in [2.24, 2.45) is 16.7 Å². The number of methoxy groups -OCH3 is 1. The van der Waals surface area contributed by atoms with Crippen LogP contribution in [-0.4, -0.2) is 25.2 Å². The third-order valence-corrected chi connectivity index (χ3v) is 6.62. The molecule has 2 aliphatic carbocycles. The molecule has 2 aliphatic rings. The fraction of sp³-hybridized carbons (Fsp3) is 0.600. The molecule has 0 aliphatic heterocycles. The fourth-order valence-electron chi connectivity index (χ4n) is 4.54. The van der Waals surface area contributed by atoms with Gasteiger partial charge in [-0.3, -0.25) is 4.79 Å². The number of fused-ring (bicyclic) bond motifs is 2. The van der Waals surface area contributed by atoms with Gasteiger partial charge in [-0.1, -0.05) is 20.8 Å². The Morgan fingerprint density at radius 1 is 1.16 bits per heavy atom. The number of carbonyl (C=O) groups is 2. The van der Waals surface area contributed by atoms with Gasteiger partial charge in [0.15, 0.2) is 11.5 Å². The largest absolute Gasteiger partial charge is 0.493 e. The number of esters is 2. The molecule has 0 heterocycles. The summed E-state index contributed by atoms with van der Waals surface area (Å²) in [6, 6.07) is 4.72. The summed E-state index contributed by atoms with van der Waals surface area (Å²) < 4.78 is 16.2. The highest BCUT2D eigenvalue weighted by Crippen LogP contribution is 2.66. The molecule has 0 unspecified atom stereocenters. The summed E-state index contributed by atoms with van der Waals surface area (Å²) in [5.74, 6) is 0.438. The predicted octanol–water partition coefficient (Wildman–Crippen LogP) is 3.99. The number of benzene rings is 1. The van der Waals surface area contributed by atoms with Gasteiger partial charge in [0.05, 0.1) is 12.7 Å². The molecule has 2 bridgehead atoms. The second kappa shape index (κ2) is 6.04. The van der Waals surface area contributed by atoms with E-state index in [1.165, 1.54) is 20.5 Å². The van der Waals surface area contributed by atoms with Crippen LogP contribution < -0.4 is 9.47 Å². The minimum Gasteiger partial charge on any atom is -0.493 e. The van der Waals surface area contributed by atoms with E-state index < -0.39 is 5.97 Å². The van der Waals surface area contributed by atoms with Crippen LogP contribution in [0, 0.1) is 16.7 Å².